The first kappa shape index (κ1) is 22.1. The average molecular weight is 444 g/mol. The van der Waals surface area contributed by atoms with Gasteiger partial charge in [-0.15, -0.1) is 0 Å². The van der Waals surface area contributed by atoms with Crippen molar-refractivity contribution in [3.63, 3.8) is 0 Å². The summed E-state index contributed by atoms with van der Waals surface area (Å²) in [5.41, 5.74) is 2.71. The van der Waals surface area contributed by atoms with Crippen LogP contribution < -0.4 is 14.8 Å². The highest BCUT2D eigenvalue weighted by molar-refractivity contribution is 6.36. The third kappa shape index (κ3) is 4.87. The van der Waals surface area contributed by atoms with Gasteiger partial charge in [0.2, 0.25) is 0 Å². The summed E-state index contributed by atoms with van der Waals surface area (Å²) in [6.45, 7) is 2.81. The topological polar surface area (TPSA) is 80.8 Å². The van der Waals surface area contributed by atoms with Crippen molar-refractivity contribution in [2.24, 2.45) is 0 Å². The Morgan fingerprint density at radius 2 is 1.55 bits per heavy atom. The van der Waals surface area contributed by atoms with E-state index in [0.717, 1.165) is 17.7 Å². The number of pyridine rings is 1. The predicted octanol–water partition coefficient (Wildman–Crippen LogP) is 4.27. The average Bonchev–Trinajstić information content (AvgIpc) is 3.08. The number of nitrogens with one attached hydrogen (secondary N) is 1. The lowest BCUT2D eigenvalue weighted by Crippen LogP contribution is -2.32. The van der Waals surface area contributed by atoms with Gasteiger partial charge < -0.3 is 14.8 Å². The first-order valence-electron chi connectivity index (χ1n) is 10.7. The molecule has 0 saturated carbocycles. The van der Waals surface area contributed by atoms with E-state index in [0.29, 0.717) is 29.2 Å². The number of rotatable bonds is 9. The number of nitrogens with zero attached hydrogens (tertiary/aromatic N) is 2. The second kappa shape index (κ2) is 9.99. The van der Waals surface area contributed by atoms with Gasteiger partial charge in [0.15, 0.2) is 0 Å². The Hall–Kier alpha value is -4.13. The highest BCUT2D eigenvalue weighted by Crippen LogP contribution is 2.32. The Morgan fingerprint density at radius 3 is 2.18 bits per heavy atom. The first-order chi connectivity index (χ1) is 16.1. The van der Waals surface area contributed by atoms with Gasteiger partial charge in [0, 0.05) is 18.1 Å². The number of carbonyl (C=O) groups excluding carboxylic acids is 2. The second-order valence-corrected chi connectivity index (χ2v) is 7.53. The molecule has 0 saturated heterocycles. The molecule has 7 nitrogen and oxygen atoms in total. The molecule has 2 aromatic carbocycles. The highest BCUT2D eigenvalue weighted by atomic mass is 16.5. The van der Waals surface area contributed by atoms with Crippen LogP contribution in [0.15, 0.2) is 78.8 Å². The fourth-order valence-corrected chi connectivity index (χ4v) is 3.53. The summed E-state index contributed by atoms with van der Waals surface area (Å²) < 4.78 is 10.9. The monoisotopic (exact) mass is 443 g/mol. The van der Waals surface area contributed by atoms with Crippen LogP contribution >= 0.6 is 0 Å². The van der Waals surface area contributed by atoms with E-state index in [4.69, 9.17) is 9.47 Å². The second-order valence-electron chi connectivity index (χ2n) is 7.53. The molecule has 2 amide bonds. The first-order valence-corrected chi connectivity index (χ1v) is 10.7. The molecular formula is C26H25N3O4. The van der Waals surface area contributed by atoms with Crippen LogP contribution in [0.25, 0.3) is 5.57 Å². The lowest BCUT2D eigenvalue weighted by atomic mass is 10.0. The van der Waals surface area contributed by atoms with Crippen LogP contribution in [0.4, 0.5) is 5.69 Å². The standard InChI is InChI=1S/C26H25N3O4/c1-3-16-33-22-8-4-19(5-9-22)23-24(28-20-6-10-21(32-2)11-7-20)26(31)29(25(23)30)17-18-12-14-27-15-13-18/h4-15,28H,3,16-17H2,1-2H3. The summed E-state index contributed by atoms with van der Waals surface area (Å²) in [6, 6.07) is 18.0. The number of benzene rings is 2. The van der Waals surface area contributed by atoms with E-state index in [1.54, 1.807) is 68.0 Å². The van der Waals surface area contributed by atoms with Crippen LogP contribution in [0, 0.1) is 0 Å². The SMILES string of the molecule is CCCOc1ccc(C2=C(Nc3ccc(OC)cc3)C(=O)N(Cc3ccncc3)C2=O)cc1. The molecular weight excluding hydrogens is 418 g/mol. The smallest absolute Gasteiger partial charge is 0.278 e. The molecule has 1 N–H and O–H groups in total. The van der Waals surface area contributed by atoms with Gasteiger partial charge in [-0.2, -0.15) is 0 Å². The van der Waals surface area contributed by atoms with E-state index in [1.165, 1.54) is 4.90 Å². The Bertz CT molecular complexity index is 1160. The van der Waals surface area contributed by atoms with Crippen LogP contribution in [0.2, 0.25) is 0 Å². The van der Waals surface area contributed by atoms with Crippen LogP contribution in [0.3, 0.4) is 0 Å². The van der Waals surface area contributed by atoms with Crippen LogP contribution in [-0.2, 0) is 16.1 Å². The number of hydrogen-bond acceptors (Lipinski definition) is 6. The van der Waals surface area contributed by atoms with Crippen molar-refractivity contribution in [2.75, 3.05) is 19.0 Å². The van der Waals surface area contributed by atoms with Crippen molar-refractivity contribution < 1.29 is 19.1 Å². The van der Waals surface area contributed by atoms with E-state index in [2.05, 4.69) is 10.3 Å². The summed E-state index contributed by atoms with van der Waals surface area (Å²) in [5, 5.41) is 3.15. The van der Waals surface area contributed by atoms with Gasteiger partial charge >= 0.3 is 0 Å². The zero-order chi connectivity index (χ0) is 23.2. The number of hydrogen-bond donors (Lipinski definition) is 1. The number of amides is 2. The van der Waals surface area contributed by atoms with Gasteiger partial charge in [-0.3, -0.25) is 19.5 Å². The van der Waals surface area contributed by atoms with E-state index >= 15 is 0 Å². The lowest BCUT2D eigenvalue weighted by Gasteiger charge is -2.15. The molecule has 0 aliphatic carbocycles. The van der Waals surface area contributed by atoms with Gasteiger partial charge in [-0.1, -0.05) is 19.1 Å². The minimum Gasteiger partial charge on any atom is -0.497 e. The highest BCUT2D eigenvalue weighted by Gasteiger charge is 2.39. The van der Waals surface area contributed by atoms with Crippen molar-refractivity contribution in [2.45, 2.75) is 19.9 Å². The molecule has 1 aliphatic rings. The number of anilines is 1. The predicted molar refractivity (Wildman–Crippen MR) is 126 cm³/mol. The molecule has 2 heterocycles. The van der Waals surface area contributed by atoms with E-state index in [-0.39, 0.29) is 24.1 Å². The summed E-state index contributed by atoms with van der Waals surface area (Å²) in [6.07, 6.45) is 4.18. The fraction of sp³-hybridized carbons (Fsp3) is 0.192. The summed E-state index contributed by atoms with van der Waals surface area (Å²) in [5.74, 6) is 0.686. The zero-order valence-corrected chi connectivity index (χ0v) is 18.6. The van der Waals surface area contributed by atoms with Gasteiger partial charge in [-0.25, -0.2) is 0 Å². The van der Waals surface area contributed by atoms with E-state index < -0.39 is 0 Å². The van der Waals surface area contributed by atoms with Crippen molar-refractivity contribution in [1.29, 1.82) is 0 Å². The van der Waals surface area contributed by atoms with E-state index in [9.17, 15) is 9.59 Å². The van der Waals surface area contributed by atoms with Gasteiger partial charge in [-0.05, 0) is 66.1 Å². The van der Waals surface area contributed by atoms with Gasteiger partial charge in [0.25, 0.3) is 11.8 Å². The molecule has 7 heteroatoms. The maximum Gasteiger partial charge on any atom is 0.278 e. The summed E-state index contributed by atoms with van der Waals surface area (Å²) in [4.78, 5) is 32.0. The van der Waals surface area contributed by atoms with Crippen LogP contribution in [0.5, 0.6) is 11.5 Å². The van der Waals surface area contributed by atoms with Crippen LogP contribution in [0.1, 0.15) is 24.5 Å². The number of carbonyl (C=O) groups is 2. The fourth-order valence-electron chi connectivity index (χ4n) is 3.53. The molecule has 168 valence electrons. The number of ether oxygens (including phenoxy) is 2. The molecule has 33 heavy (non-hydrogen) atoms. The normalized spacial score (nSPS) is 13.5. The molecule has 0 fully saturated rings. The summed E-state index contributed by atoms with van der Waals surface area (Å²) >= 11 is 0. The third-order valence-corrected chi connectivity index (χ3v) is 5.23. The Kier molecular flexibility index (Phi) is 6.69. The molecule has 4 rings (SSSR count). The molecule has 0 atom stereocenters. The molecule has 3 aromatic rings. The van der Waals surface area contributed by atoms with E-state index in [1.807, 2.05) is 19.1 Å². The molecule has 0 spiro atoms. The Labute approximate surface area is 192 Å². The maximum absolute atomic E-state index is 13.4. The Morgan fingerprint density at radius 1 is 0.879 bits per heavy atom. The minimum absolute atomic E-state index is 0.162. The summed E-state index contributed by atoms with van der Waals surface area (Å²) in [7, 11) is 1.59. The molecule has 0 unspecified atom stereocenters. The molecule has 0 radical (unpaired) electrons. The minimum atomic E-state index is -0.381. The zero-order valence-electron chi connectivity index (χ0n) is 18.6. The molecule has 1 aromatic heterocycles. The van der Waals surface area contributed by atoms with Crippen molar-refractivity contribution in [1.82, 2.24) is 9.88 Å². The van der Waals surface area contributed by atoms with Gasteiger partial charge in [0.05, 0.1) is 25.8 Å². The number of aromatic nitrogens is 1. The van der Waals surface area contributed by atoms with Crippen molar-refractivity contribution in [3.8, 4) is 11.5 Å². The largest absolute Gasteiger partial charge is 0.497 e. The maximum atomic E-state index is 13.4. The Balaban J connectivity index is 1.68. The van der Waals surface area contributed by atoms with Crippen molar-refractivity contribution >= 4 is 23.1 Å². The number of imide groups is 1. The van der Waals surface area contributed by atoms with Crippen LogP contribution in [-0.4, -0.2) is 35.4 Å². The number of methoxy groups -OCH3 is 1. The lowest BCUT2D eigenvalue weighted by molar-refractivity contribution is -0.137. The quantitative estimate of drug-likeness (QED) is 0.498. The van der Waals surface area contributed by atoms with Gasteiger partial charge in [0.1, 0.15) is 17.2 Å². The molecule has 1 aliphatic heterocycles. The molecule has 0 bridgehead atoms. The third-order valence-electron chi connectivity index (χ3n) is 5.23. The van der Waals surface area contributed by atoms with Crippen molar-refractivity contribution in [3.05, 3.63) is 89.9 Å².